The summed E-state index contributed by atoms with van der Waals surface area (Å²) in [6, 6.07) is 0. The third-order valence-electron chi connectivity index (χ3n) is 17.6. The second-order valence-corrected chi connectivity index (χ2v) is 32.2. The number of aliphatic hydroxyl groups excluding tert-OH is 1. The van der Waals surface area contributed by atoms with Crippen LogP contribution in [0.3, 0.4) is 0 Å². The molecule has 0 spiro atoms. The van der Waals surface area contributed by atoms with Crippen molar-refractivity contribution in [2.75, 3.05) is 39.6 Å². The van der Waals surface area contributed by atoms with E-state index in [9.17, 15) is 43.2 Å². The van der Waals surface area contributed by atoms with Gasteiger partial charge in [0.15, 0.2) is 12.2 Å². The van der Waals surface area contributed by atoms with Gasteiger partial charge in [-0.3, -0.25) is 37.3 Å². The van der Waals surface area contributed by atoms with Gasteiger partial charge in [-0.25, -0.2) is 9.13 Å². The zero-order chi connectivity index (χ0) is 70.3. The Morgan fingerprint density at radius 1 is 0.263 bits per heavy atom. The van der Waals surface area contributed by atoms with Crippen LogP contribution < -0.4 is 0 Å². The Balaban J connectivity index is 5.22. The molecule has 3 unspecified atom stereocenters. The normalized spacial score (nSPS) is 14.1. The van der Waals surface area contributed by atoms with Crippen LogP contribution in [0.2, 0.25) is 0 Å². The van der Waals surface area contributed by atoms with Crippen LogP contribution in [0.15, 0.2) is 0 Å². The number of phosphoric acid groups is 2. The van der Waals surface area contributed by atoms with Crippen molar-refractivity contribution < 1.29 is 80.2 Å². The number of carbonyl (C=O) groups is 4. The Labute approximate surface area is 581 Å². The quantitative estimate of drug-likeness (QED) is 0.0222. The Kier molecular flexibility index (Phi) is 64.0. The van der Waals surface area contributed by atoms with Crippen molar-refractivity contribution in [3.05, 3.63) is 0 Å². The lowest BCUT2D eigenvalue weighted by Crippen LogP contribution is -2.30. The Hall–Kier alpha value is -1.94. The van der Waals surface area contributed by atoms with Crippen molar-refractivity contribution in [1.82, 2.24) is 0 Å². The van der Waals surface area contributed by atoms with Crippen molar-refractivity contribution in [3.8, 4) is 0 Å². The summed E-state index contributed by atoms with van der Waals surface area (Å²) >= 11 is 0. The predicted octanol–water partition coefficient (Wildman–Crippen LogP) is 22.0. The number of rotatable bonds is 73. The van der Waals surface area contributed by atoms with E-state index in [1.807, 2.05) is 0 Å². The monoisotopic (exact) mass is 1400 g/mol. The van der Waals surface area contributed by atoms with Crippen molar-refractivity contribution in [1.29, 1.82) is 0 Å². The van der Waals surface area contributed by atoms with E-state index in [-0.39, 0.29) is 25.7 Å². The van der Waals surface area contributed by atoms with Gasteiger partial charge in [0.05, 0.1) is 26.4 Å². The lowest BCUT2D eigenvalue weighted by Gasteiger charge is -2.21. The average Bonchev–Trinajstić information content (AvgIpc) is 1.41. The zero-order valence-corrected chi connectivity index (χ0v) is 64.1. The van der Waals surface area contributed by atoms with Crippen LogP contribution >= 0.6 is 15.6 Å². The van der Waals surface area contributed by atoms with E-state index >= 15 is 0 Å². The molecule has 0 saturated carbocycles. The molecule has 0 aromatic carbocycles. The summed E-state index contributed by atoms with van der Waals surface area (Å²) in [6.45, 7) is 14.2. The number of hydrogen-bond acceptors (Lipinski definition) is 15. The number of ether oxygens (including phenoxy) is 4. The molecule has 3 N–H and O–H groups in total. The topological polar surface area (TPSA) is 237 Å². The van der Waals surface area contributed by atoms with Crippen LogP contribution in [0.1, 0.15) is 383 Å². The third kappa shape index (κ3) is 70.3. The minimum absolute atomic E-state index is 0.104. The summed E-state index contributed by atoms with van der Waals surface area (Å²) in [5, 5.41) is 10.6. The highest BCUT2D eigenvalue weighted by atomic mass is 31.2. The maximum Gasteiger partial charge on any atom is 0.472 e. The van der Waals surface area contributed by atoms with Gasteiger partial charge >= 0.3 is 39.5 Å². The van der Waals surface area contributed by atoms with Gasteiger partial charge in [-0.2, -0.15) is 0 Å². The van der Waals surface area contributed by atoms with Crippen molar-refractivity contribution in [2.24, 2.45) is 23.7 Å². The van der Waals surface area contributed by atoms with Crippen LogP contribution in [0.25, 0.3) is 0 Å². The van der Waals surface area contributed by atoms with Crippen LogP contribution in [0, 0.1) is 23.7 Å². The second kappa shape index (κ2) is 65.4. The molecular formula is C76H148O17P2. The van der Waals surface area contributed by atoms with E-state index in [4.69, 9.17) is 37.0 Å². The molecule has 0 rings (SSSR count). The fraction of sp³-hybridized carbons (Fsp3) is 0.947. The van der Waals surface area contributed by atoms with Crippen LogP contribution in [0.5, 0.6) is 0 Å². The van der Waals surface area contributed by atoms with E-state index in [1.165, 1.54) is 180 Å². The van der Waals surface area contributed by atoms with Crippen molar-refractivity contribution in [2.45, 2.75) is 401 Å². The average molecular weight is 1400 g/mol. The largest absolute Gasteiger partial charge is 0.472 e. The van der Waals surface area contributed by atoms with Gasteiger partial charge in [0.2, 0.25) is 0 Å². The predicted molar refractivity (Wildman–Crippen MR) is 386 cm³/mol. The molecule has 0 aromatic heterocycles. The number of hydrogen-bond donors (Lipinski definition) is 3. The number of unbranched alkanes of at least 4 members (excludes halogenated alkanes) is 39. The van der Waals surface area contributed by atoms with Crippen LogP contribution in [-0.2, 0) is 65.4 Å². The maximum absolute atomic E-state index is 13.1. The number of carbonyl (C=O) groups excluding carboxylic acids is 4. The van der Waals surface area contributed by atoms with E-state index in [0.717, 1.165) is 114 Å². The fourth-order valence-electron chi connectivity index (χ4n) is 11.6. The highest BCUT2D eigenvalue weighted by Gasteiger charge is 2.30. The smallest absolute Gasteiger partial charge is 0.462 e. The minimum atomic E-state index is -4.96. The standard InChI is InChI=1S/C76H148O17P2/c1-66(2)52-44-36-28-21-16-13-11-9-10-12-14-18-24-32-40-48-56-73(78)86-62-71(92-75(80)58-50-42-33-25-19-15-17-22-29-37-45-53-67(3)4)64-90-94(82,83)88-60-70(77)61-89-95(84,85)91-65-72(63-87-74(79)57-49-41-35-27-31-39-47-55-69(7)8)93-76(81)59-51-43-34-26-20-23-30-38-46-54-68(5)6/h66-72,77H,9-65H2,1-8H3,(H,82,83)(H,84,85)/t70?,71-,72-/m1/s1. The molecule has 5 atom stereocenters. The molecule has 0 saturated heterocycles. The summed E-state index contributed by atoms with van der Waals surface area (Å²) in [5.41, 5.74) is 0. The first-order chi connectivity index (χ1) is 45.6. The summed E-state index contributed by atoms with van der Waals surface area (Å²) in [6.07, 6.45) is 50.1. The molecule has 95 heavy (non-hydrogen) atoms. The molecule has 0 radical (unpaired) electrons. The third-order valence-corrected chi connectivity index (χ3v) is 19.5. The SMILES string of the molecule is CC(C)CCCCCCCCCCCCCCCCCCC(=O)OC[C@H](COP(=O)(O)OCC(O)COP(=O)(O)OC[C@@H](COC(=O)CCCCCCCCCC(C)C)OC(=O)CCCCCCCCCCCC(C)C)OC(=O)CCCCCCCCCCCCCC(C)C. The van der Waals surface area contributed by atoms with Gasteiger partial charge in [0.25, 0.3) is 0 Å². The maximum atomic E-state index is 13.1. The summed E-state index contributed by atoms with van der Waals surface area (Å²) in [5.74, 6) is 0.897. The van der Waals surface area contributed by atoms with Gasteiger partial charge in [-0.15, -0.1) is 0 Å². The fourth-order valence-corrected chi connectivity index (χ4v) is 13.1. The van der Waals surface area contributed by atoms with Crippen LogP contribution in [-0.4, -0.2) is 96.7 Å². The number of aliphatic hydroxyl groups is 1. The van der Waals surface area contributed by atoms with Gasteiger partial charge in [-0.05, 0) is 49.4 Å². The Morgan fingerprint density at radius 2 is 0.442 bits per heavy atom. The van der Waals surface area contributed by atoms with Gasteiger partial charge < -0.3 is 33.8 Å². The van der Waals surface area contributed by atoms with Gasteiger partial charge in [-0.1, -0.05) is 331 Å². The highest BCUT2D eigenvalue weighted by Crippen LogP contribution is 2.45. The second-order valence-electron chi connectivity index (χ2n) is 29.3. The first-order valence-electron chi connectivity index (χ1n) is 39.2. The number of phosphoric ester groups is 2. The molecule has 17 nitrogen and oxygen atoms in total. The summed E-state index contributed by atoms with van der Waals surface area (Å²) < 4.78 is 68.5. The van der Waals surface area contributed by atoms with Crippen LogP contribution in [0.4, 0.5) is 0 Å². The number of esters is 4. The van der Waals surface area contributed by atoms with Gasteiger partial charge in [0, 0.05) is 25.7 Å². The first kappa shape index (κ1) is 93.1. The van der Waals surface area contributed by atoms with E-state index in [0.29, 0.717) is 31.6 Å². The molecule has 0 bridgehead atoms. The first-order valence-corrected chi connectivity index (χ1v) is 42.2. The van der Waals surface area contributed by atoms with E-state index < -0.39 is 97.5 Å². The Morgan fingerprint density at radius 3 is 0.653 bits per heavy atom. The molecule has 0 amide bonds. The summed E-state index contributed by atoms with van der Waals surface area (Å²) in [4.78, 5) is 72.8. The minimum Gasteiger partial charge on any atom is -0.462 e. The highest BCUT2D eigenvalue weighted by molar-refractivity contribution is 7.47. The van der Waals surface area contributed by atoms with E-state index in [1.54, 1.807) is 0 Å². The molecule has 564 valence electrons. The molecule has 0 aliphatic heterocycles. The molecule has 19 heteroatoms. The van der Waals surface area contributed by atoms with Crippen molar-refractivity contribution in [3.63, 3.8) is 0 Å². The lowest BCUT2D eigenvalue weighted by molar-refractivity contribution is -0.161. The molecule has 0 fully saturated rings. The molecule has 0 heterocycles. The van der Waals surface area contributed by atoms with Gasteiger partial charge in [0.1, 0.15) is 19.3 Å². The van der Waals surface area contributed by atoms with E-state index in [2.05, 4.69) is 55.4 Å². The molecule has 0 aromatic rings. The molecular weight excluding hydrogens is 1250 g/mol. The molecule has 0 aliphatic carbocycles. The molecule has 0 aliphatic rings. The van der Waals surface area contributed by atoms with Crippen molar-refractivity contribution >= 4 is 39.5 Å². The summed E-state index contributed by atoms with van der Waals surface area (Å²) in [7, 11) is -9.91. The lowest BCUT2D eigenvalue weighted by atomic mass is 10.0. The zero-order valence-electron chi connectivity index (χ0n) is 62.3. The Bertz CT molecular complexity index is 1870.